The molecule has 2 unspecified atom stereocenters. The van der Waals surface area contributed by atoms with Crippen LogP contribution in [0.15, 0.2) is 65.8 Å². The molecule has 0 fully saturated rings. The van der Waals surface area contributed by atoms with E-state index in [0.29, 0.717) is 11.5 Å². The van der Waals surface area contributed by atoms with Crippen LogP contribution in [-0.2, 0) is 10.1 Å². The predicted octanol–water partition coefficient (Wildman–Crippen LogP) is 5.38. The number of anilines is 2. The van der Waals surface area contributed by atoms with Crippen molar-refractivity contribution in [2.24, 2.45) is 4.99 Å². The minimum Gasteiger partial charge on any atom is -0.453 e. The van der Waals surface area contributed by atoms with Gasteiger partial charge in [0.25, 0.3) is 10.1 Å². The first kappa shape index (κ1) is 23.3. The van der Waals surface area contributed by atoms with Gasteiger partial charge in [-0.25, -0.2) is 0 Å². The third-order valence-corrected chi connectivity index (χ3v) is 6.65. The Balaban J connectivity index is 1.85. The van der Waals surface area contributed by atoms with Crippen molar-refractivity contribution in [2.45, 2.75) is 51.7 Å². The average molecular weight is 470 g/mol. The summed E-state index contributed by atoms with van der Waals surface area (Å²) in [4.78, 5) is 9.40. The minimum absolute atomic E-state index is 0.211. The highest BCUT2D eigenvalue weighted by Crippen LogP contribution is 2.48. The van der Waals surface area contributed by atoms with E-state index in [4.69, 9.17) is 9.73 Å². The van der Waals surface area contributed by atoms with E-state index in [1.54, 1.807) is 0 Å². The van der Waals surface area contributed by atoms with Gasteiger partial charge in [0.1, 0.15) is 6.17 Å². The Labute approximate surface area is 196 Å². The summed E-state index contributed by atoms with van der Waals surface area (Å²) in [5, 5.41) is 0. The molecule has 0 radical (unpaired) electrons. The second kappa shape index (κ2) is 9.97. The van der Waals surface area contributed by atoms with E-state index in [2.05, 4.69) is 35.9 Å². The summed E-state index contributed by atoms with van der Waals surface area (Å²) in [7, 11) is -4.15. The van der Waals surface area contributed by atoms with Gasteiger partial charge in [0.15, 0.2) is 11.5 Å². The van der Waals surface area contributed by atoms with Gasteiger partial charge < -0.3 is 14.5 Å². The van der Waals surface area contributed by atoms with Crippen LogP contribution in [0.4, 0.5) is 11.4 Å². The second-order valence-corrected chi connectivity index (χ2v) is 9.96. The van der Waals surface area contributed by atoms with Gasteiger partial charge >= 0.3 is 0 Å². The first-order chi connectivity index (χ1) is 15.9. The fourth-order valence-corrected chi connectivity index (χ4v) is 5.04. The lowest BCUT2D eigenvalue weighted by Crippen LogP contribution is -2.50. The molecule has 2 aromatic carbocycles. The van der Waals surface area contributed by atoms with Crippen molar-refractivity contribution >= 4 is 27.2 Å². The summed E-state index contributed by atoms with van der Waals surface area (Å²) in [5.74, 6) is 1.07. The van der Waals surface area contributed by atoms with Gasteiger partial charge in [-0.3, -0.25) is 9.55 Å². The molecule has 2 heterocycles. The number of aliphatic imine (C=N–C) groups is 1. The maximum atomic E-state index is 11.8. The van der Waals surface area contributed by atoms with Crippen LogP contribution in [0.25, 0.3) is 0 Å². The molecule has 7 nitrogen and oxygen atoms in total. The van der Waals surface area contributed by atoms with Crippen LogP contribution in [0, 0.1) is 0 Å². The Hall–Kier alpha value is -2.84. The Morgan fingerprint density at radius 2 is 1.67 bits per heavy atom. The number of allylic oxidation sites excluding steroid dienone is 1. The number of ether oxygens (including phenoxy) is 1. The van der Waals surface area contributed by atoms with Crippen molar-refractivity contribution in [2.75, 3.05) is 17.2 Å². The zero-order valence-corrected chi connectivity index (χ0v) is 19.9. The number of nitrogens with zero attached hydrogens (tertiary/aromatic N) is 3. The second-order valence-electron chi connectivity index (χ2n) is 8.39. The highest BCUT2D eigenvalue weighted by Gasteiger charge is 2.38. The largest absolute Gasteiger partial charge is 0.453 e. The number of para-hydroxylation sites is 4. The standard InChI is InChI=1S/C25H31N3O4S/c1-3-9-19-14-17-27(16-4-2)25(26-19)22(15-18-33(29,30)31)28-20-10-5-7-12-23(20)32-24-13-8-6-11-21(24)28/h5-8,10-14,17,22,25H,3-4,9,15-16,18H2,1-2H3,(H,29,30,31). The fraction of sp³-hybridized carbons (Fsp3) is 0.400. The lowest BCUT2D eigenvalue weighted by molar-refractivity contribution is 0.238. The number of hydrogen-bond donors (Lipinski definition) is 1. The van der Waals surface area contributed by atoms with Crippen LogP contribution < -0.4 is 9.64 Å². The zero-order valence-electron chi connectivity index (χ0n) is 19.1. The molecule has 4 rings (SSSR count). The average Bonchev–Trinajstić information content (AvgIpc) is 2.79. The molecule has 176 valence electrons. The topological polar surface area (TPSA) is 82.4 Å². The fourth-order valence-electron chi connectivity index (χ4n) is 4.50. The molecule has 1 N–H and O–H groups in total. The number of rotatable bonds is 9. The SMILES string of the molecule is CCCC1=NC(C(CCS(=O)(=O)O)N2c3ccccc3Oc3ccccc32)N(CCC)C=C1. The predicted molar refractivity (Wildman–Crippen MR) is 132 cm³/mol. The van der Waals surface area contributed by atoms with E-state index >= 15 is 0 Å². The molecule has 2 aromatic rings. The Morgan fingerprint density at radius 3 is 2.24 bits per heavy atom. The maximum Gasteiger partial charge on any atom is 0.264 e. The van der Waals surface area contributed by atoms with Crippen LogP contribution in [0.1, 0.15) is 39.5 Å². The van der Waals surface area contributed by atoms with E-state index in [1.807, 2.05) is 48.5 Å². The van der Waals surface area contributed by atoms with Crippen molar-refractivity contribution in [3.8, 4) is 11.5 Å². The van der Waals surface area contributed by atoms with Gasteiger partial charge in [0, 0.05) is 18.5 Å². The van der Waals surface area contributed by atoms with E-state index in [1.165, 1.54) is 0 Å². The molecule has 0 amide bonds. The number of benzene rings is 2. The van der Waals surface area contributed by atoms with Crippen LogP contribution in [0.3, 0.4) is 0 Å². The summed E-state index contributed by atoms with van der Waals surface area (Å²) < 4.78 is 39.4. The molecule has 0 saturated carbocycles. The maximum absolute atomic E-state index is 11.8. The van der Waals surface area contributed by atoms with Crippen LogP contribution in [-0.4, -0.2) is 48.1 Å². The molecule has 2 aliphatic rings. The first-order valence-corrected chi connectivity index (χ1v) is 13.1. The highest BCUT2D eigenvalue weighted by molar-refractivity contribution is 7.85. The first-order valence-electron chi connectivity index (χ1n) is 11.5. The summed E-state index contributed by atoms with van der Waals surface area (Å²) in [6, 6.07) is 15.2. The van der Waals surface area contributed by atoms with E-state index < -0.39 is 10.1 Å². The third kappa shape index (κ3) is 5.23. The Bertz CT molecular complexity index is 1100. The zero-order chi connectivity index (χ0) is 23.4. The normalized spacial score (nSPS) is 18.3. The summed E-state index contributed by atoms with van der Waals surface area (Å²) in [6.45, 7) is 5.02. The van der Waals surface area contributed by atoms with E-state index in [-0.39, 0.29) is 24.4 Å². The monoisotopic (exact) mass is 469 g/mol. The molecule has 0 bridgehead atoms. The smallest absolute Gasteiger partial charge is 0.264 e. The number of fused-ring (bicyclic) bond motifs is 2. The van der Waals surface area contributed by atoms with Crippen molar-refractivity contribution in [1.29, 1.82) is 0 Å². The quantitative estimate of drug-likeness (QED) is 0.496. The lowest BCUT2D eigenvalue weighted by atomic mass is 10.0. The van der Waals surface area contributed by atoms with Crippen molar-refractivity contribution < 1.29 is 17.7 Å². The van der Waals surface area contributed by atoms with E-state index in [9.17, 15) is 13.0 Å². The van der Waals surface area contributed by atoms with Crippen LogP contribution >= 0.6 is 0 Å². The molecular formula is C25H31N3O4S. The van der Waals surface area contributed by atoms with Crippen LogP contribution in [0.5, 0.6) is 11.5 Å². The van der Waals surface area contributed by atoms with Gasteiger partial charge in [-0.15, -0.1) is 0 Å². The molecule has 8 heteroatoms. The van der Waals surface area contributed by atoms with Gasteiger partial charge in [0.2, 0.25) is 0 Å². The third-order valence-electron chi connectivity index (χ3n) is 5.90. The van der Waals surface area contributed by atoms with Gasteiger partial charge in [-0.05, 0) is 49.6 Å². The van der Waals surface area contributed by atoms with Gasteiger partial charge in [0.05, 0.1) is 23.2 Å². The van der Waals surface area contributed by atoms with Gasteiger partial charge in [-0.2, -0.15) is 8.42 Å². The molecular weight excluding hydrogens is 438 g/mol. The van der Waals surface area contributed by atoms with Crippen molar-refractivity contribution in [1.82, 2.24) is 4.90 Å². The number of hydrogen-bond acceptors (Lipinski definition) is 6. The molecule has 0 spiro atoms. The molecule has 0 aromatic heterocycles. The van der Waals surface area contributed by atoms with Crippen LogP contribution in [0.2, 0.25) is 0 Å². The highest BCUT2D eigenvalue weighted by atomic mass is 32.2. The Morgan fingerprint density at radius 1 is 1.03 bits per heavy atom. The summed E-state index contributed by atoms with van der Waals surface area (Å²) in [5.41, 5.74) is 2.71. The van der Waals surface area contributed by atoms with Crippen molar-refractivity contribution in [3.63, 3.8) is 0 Å². The molecule has 0 saturated heterocycles. The molecule has 33 heavy (non-hydrogen) atoms. The summed E-state index contributed by atoms with van der Waals surface area (Å²) >= 11 is 0. The summed E-state index contributed by atoms with van der Waals surface area (Å²) in [6.07, 6.45) is 6.79. The molecule has 2 atom stereocenters. The van der Waals surface area contributed by atoms with Crippen molar-refractivity contribution in [3.05, 3.63) is 60.8 Å². The molecule has 2 aliphatic heterocycles. The van der Waals surface area contributed by atoms with E-state index in [0.717, 1.165) is 42.9 Å². The molecule has 0 aliphatic carbocycles. The lowest BCUT2D eigenvalue weighted by Gasteiger charge is -2.44. The van der Waals surface area contributed by atoms with Gasteiger partial charge in [-0.1, -0.05) is 44.5 Å². The minimum atomic E-state index is -4.15. The Kier molecular flexibility index (Phi) is 7.05.